The van der Waals surface area contributed by atoms with Crippen LogP contribution in [0.4, 0.5) is 0 Å². The van der Waals surface area contributed by atoms with Crippen LogP contribution >= 0.6 is 0 Å². The zero-order valence-corrected chi connectivity index (χ0v) is 13.3. The molecule has 0 saturated carbocycles. The van der Waals surface area contributed by atoms with E-state index in [0.717, 1.165) is 17.9 Å². The third-order valence-electron chi connectivity index (χ3n) is 3.40. The van der Waals surface area contributed by atoms with Crippen LogP contribution in [0.3, 0.4) is 0 Å². The Balaban J connectivity index is 4.31. The topological polar surface area (TPSA) is 37.3 Å². The van der Waals surface area contributed by atoms with E-state index in [1.165, 1.54) is 19.3 Å². The van der Waals surface area contributed by atoms with Crippen molar-refractivity contribution >= 4 is 5.97 Å². The molecule has 112 valence electrons. The molecule has 2 nitrogen and oxygen atoms in total. The van der Waals surface area contributed by atoms with Crippen LogP contribution in [-0.2, 0) is 4.79 Å². The third-order valence-corrected chi connectivity index (χ3v) is 3.40. The number of aliphatic carboxylic acids is 1. The van der Waals surface area contributed by atoms with Crippen LogP contribution in [0, 0.1) is 24.2 Å². The summed E-state index contributed by atoms with van der Waals surface area (Å²) in [7, 11) is 0. The summed E-state index contributed by atoms with van der Waals surface area (Å²) in [4.78, 5) is 11.0. The maximum absolute atomic E-state index is 11.0. The highest BCUT2D eigenvalue weighted by Gasteiger charge is 2.08. The van der Waals surface area contributed by atoms with E-state index in [4.69, 9.17) is 11.5 Å². The summed E-state index contributed by atoms with van der Waals surface area (Å²) in [6.07, 6.45) is 14.1. The van der Waals surface area contributed by atoms with Gasteiger partial charge in [0, 0.05) is 6.42 Å². The van der Waals surface area contributed by atoms with Crippen LogP contribution in [-0.4, -0.2) is 11.1 Å². The molecule has 0 amide bonds. The van der Waals surface area contributed by atoms with Crippen LogP contribution in [0.5, 0.6) is 0 Å². The van der Waals surface area contributed by atoms with Gasteiger partial charge in [-0.1, -0.05) is 52.2 Å². The van der Waals surface area contributed by atoms with Gasteiger partial charge in [-0.3, -0.25) is 0 Å². The molecule has 0 aromatic carbocycles. The van der Waals surface area contributed by atoms with E-state index in [1.54, 1.807) is 6.92 Å². The van der Waals surface area contributed by atoms with Gasteiger partial charge >= 0.3 is 5.97 Å². The Morgan fingerprint density at radius 3 is 2.45 bits per heavy atom. The van der Waals surface area contributed by atoms with Crippen molar-refractivity contribution in [1.29, 1.82) is 0 Å². The lowest BCUT2D eigenvalue weighted by atomic mass is 9.96. The van der Waals surface area contributed by atoms with E-state index in [-0.39, 0.29) is 6.42 Å². The van der Waals surface area contributed by atoms with Crippen LogP contribution in [0.2, 0.25) is 0 Å². The van der Waals surface area contributed by atoms with Crippen LogP contribution in [0.25, 0.3) is 0 Å². The first kappa shape index (κ1) is 18.5. The molecule has 0 spiro atoms. The standard InChI is InChI=1S/C18H28O2/c1-6-9-17(18(19)20)16(5)13-8-12-15(4)11-7-10-14(2)3/h1,8,13-15H,7,9-12H2,2-5H3,(H,19,20). The highest BCUT2D eigenvalue weighted by atomic mass is 16.4. The number of hydrogen-bond donors (Lipinski definition) is 1. The molecule has 0 radical (unpaired) electrons. The zero-order valence-electron chi connectivity index (χ0n) is 13.3. The average Bonchev–Trinajstić information content (AvgIpc) is 2.34. The normalized spacial score (nSPS) is 14.2. The summed E-state index contributed by atoms with van der Waals surface area (Å²) in [6.45, 7) is 8.54. The molecule has 0 aromatic rings. The predicted molar refractivity (Wildman–Crippen MR) is 85.4 cm³/mol. The van der Waals surface area contributed by atoms with Gasteiger partial charge < -0.3 is 5.11 Å². The van der Waals surface area contributed by atoms with Crippen molar-refractivity contribution in [3.63, 3.8) is 0 Å². The van der Waals surface area contributed by atoms with Gasteiger partial charge in [-0.05, 0) is 30.8 Å². The Kier molecular flexibility index (Phi) is 9.55. The van der Waals surface area contributed by atoms with Crippen LogP contribution < -0.4 is 0 Å². The zero-order chi connectivity index (χ0) is 15.5. The highest BCUT2D eigenvalue weighted by Crippen LogP contribution is 2.17. The summed E-state index contributed by atoms with van der Waals surface area (Å²) < 4.78 is 0. The summed E-state index contributed by atoms with van der Waals surface area (Å²) in [5, 5.41) is 9.06. The Morgan fingerprint density at radius 1 is 1.30 bits per heavy atom. The quantitative estimate of drug-likeness (QED) is 0.372. The second-order valence-corrected chi connectivity index (χ2v) is 5.92. The van der Waals surface area contributed by atoms with Gasteiger partial charge in [-0.15, -0.1) is 12.3 Å². The molecule has 0 aliphatic rings. The lowest BCUT2D eigenvalue weighted by molar-refractivity contribution is -0.132. The fourth-order valence-corrected chi connectivity index (χ4v) is 2.06. The molecule has 0 rings (SSSR count). The van der Waals surface area contributed by atoms with E-state index in [0.29, 0.717) is 11.5 Å². The van der Waals surface area contributed by atoms with Crippen molar-refractivity contribution in [2.75, 3.05) is 0 Å². The second-order valence-electron chi connectivity index (χ2n) is 5.92. The molecular weight excluding hydrogens is 248 g/mol. The van der Waals surface area contributed by atoms with Gasteiger partial charge in [-0.25, -0.2) is 4.79 Å². The summed E-state index contributed by atoms with van der Waals surface area (Å²) in [5.41, 5.74) is 1.07. The van der Waals surface area contributed by atoms with Crippen LogP contribution in [0.15, 0.2) is 23.3 Å². The van der Waals surface area contributed by atoms with Gasteiger partial charge in [0.25, 0.3) is 0 Å². The molecule has 0 saturated heterocycles. The van der Waals surface area contributed by atoms with Crippen molar-refractivity contribution in [2.24, 2.45) is 11.8 Å². The van der Waals surface area contributed by atoms with Crippen LogP contribution in [0.1, 0.15) is 59.8 Å². The van der Waals surface area contributed by atoms with Crippen molar-refractivity contribution in [3.8, 4) is 12.3 Å². The van der Waals surface area contributed by atoms with Gasteiger partial charge in [0.15, 0.2) is 0 Å². The van der Waals surface area contributed by atoms with Gasteiger partial charge in [-0.2, -0.15) is 0 Å². The number of allylic oxidation sites excluding steroid dienone is 3. The predicted octanol–water partition coefficient (Wildman–Crippen LogP) is 4.82. The van der Waals surface area contributed by atoms with Crippen molar-refractivity contribution in [2.45, 2.75) is 59.8 Å². The van der Waals surface area contributed by atoms with E-state index >= 15 is 0 Å². The number of carboxylic acid groups (broad SMARTS) is 1. The minimum Gasteiger partial charge on any atom is -0.478 e. The molecule has 20 heavy (non-hydrogen) atoms. The smallest absolute Gasteiger partial charge is 0.332 e. The monoisotopic (exact) mass is 276 g/mol. The summed E-state index contributed by atoms with van der Waals surface area (Å²) >= 11 is 0. The van der Waals surface area contributed by atoms with E-state index < -0.39 is 5.97 Å². The number of rotatable bonds is 9. The average molecular weight is 276 g/mol. The first-order chi connectivity index (χ1) is 9.38. The Bertz CT molecular complexity index is 394. The molecule has 0 aliphatic heterocycles. The number of terminal acetylenes is 1. The minimum atomic E-state index is -0.921. The Labute approximate surface area is 124 Å². The molecule has 0 bridgehead atoms. The fourth-order valence-electron chi connectivity index (χ4n) is 2.06. The first-order valence-corrected chi connectivity index (χ1v) is 7.41. The first-order valence-electron chi connectivity index (χ1n) is 7.41. The maximum Gasteiger partial charge on any atom is 0.332 e. The number of hydrogen-bond acceptors (Lipinski definition) is 1. The van der Waals surface area contributed by atoms with Crippen molar-refractivity contribution in [3.05, 3.63) is 23.3 Å². The SMILES string of the molecule is C#CCC(C(=O)O)=C(C)C=CCC(C)CCCC(C)C. The maximum atomic E-state index is 11.0. The molecule has 0 fully saturated rings. The minimum absolute atomic E-state index is 0.176. The molecule has 1 unspecified atom stereocenters. The molecular formula is C18H28O2. The van der Waals surface area contributed by atoms with Crippen molar-refractivity contribution in [1.82, 2.24) is 0 Å². The van der Waals surface area contributed by atoms with E-state index in [9.17, 15) is 4.79 Å². The molecule has 0 aliphatic carbocycles. The lowest BCUT2D eigenvalue weighted by Gasteiger charge is -2.10. The molecule has 1 atom stereocenters. The van der Waals surface area contributed by atoms with Gasteiger partial charge in [0.05, 0.1) is 5.57 Å². The second kappa shape index (κ2) is 10.3. The fraction of sp³-hybridized carbons (Fsp3) is 0.611. The highest BCUT2D eigenvalue weighted by molar-refractivity contribution is 5.88. The Morgan fingerprint density at radius 2 is 1.95 bits per heavy atom. The van der Waals surface area contributed by atoms with E-state index in [1.807, 2.05) is 6.08 Å². The molecule has 2 heteroatoms. The lowest BCUT2D eigenvalue weighted by Crippen LogP contribution is -2.02. The van der Waals surface area contributed by atoms with Gasteiger partial charge in [0.1, 0.15) is 0 Å². The van der Waals surface area contributed by atoms with Gasteiger partial charge in [0.2, 0.25) is 0 Å². The summed E-state index contributed by atoms with van der Waals surface area (Å²) in [6, 6.07) is 0. The summed E-state index contributed by atoms with van der Waals surface area (Å²) in [5.74, 6) is 2.88. The largest absolute Gasteiger partial charge is 0.478 e. The molecule has 1 N–H and O–H groups in total. The third kappa shape index (κ3) is 8.58. The van der Waals surface area contributed by atoms with E-state index in [2.05, 4.69) is 32.8 Å². The Hall–Kier alpha value is -1.49. The van der Waals surface area contributed by atoms with Crippen molar-refractivity contribution < 1.29 is 9.90 Å². The molecule has 0 aromatic heterocycles. The number of carbonyl (C=O) groups is 1. The molecule has 0 heterocycles. The number of carboxylic acids is 1.